The molecule has 3 heterocycles. The highest BCUT2D eigenvalue weighted by Crippen LogP contribution is 2.30. The maximum Gasteiger partial charge on any atom is 0.232 e. The molecule has 6 nitrogen and oxygen atoms in total. The van der Waals surface area contributed by atoms with Gasteiger partial charge in [0.25, 0.3) is 0 Å². The van der Waals surface area contributed by atoms with Crippen LogP contribution < -0.4 is 9.47 Å². The summed E-state index contributed by atoms with van der Waals surface area (Å²) in [6.07, 6.45) is 6.85. The molecule has 142 valence electrons. The summed E-state index contributed by atoms with van der Waals surface area (Å²) in [5.41, 5.74) is 2.12. The zero-order chi connectivity index (χ0) is 18.8. The standard InChI is InChI=1S/C20H23FN4O2/c1-24-9-3-4-15(24)7-11-27-19-13-16(20-22-8-10-25(20)23-19)14-5-6-18(26-2)17(21)12-14/h5-6,8,10,12-13,15H,3-4,7,9,11H2,1-2H3. The van der Waals surface area contributed by atoms with Crippen LogP contribution in [0.25, 0.3) is 16.8 Å². The predicted molar refractivity (Wildman–Crippen MR) is 101 cm³/mol. The van der Waals surface area contributed by atoms with Gasteiger partial charge in [-0.3, -0.25) is 0 Å². The van der Waals surface area contributed by atoms with Gasteiger partial charge in [-0.2, -0.15) is 0 Å². The molecule has 27 heavy (non-hydrogen) atoms. The van der Waals surface area contributed by atoms with E-state index in [4.69, 9.17) is 9.47 Å². The normalized spacial score (nSPS) is 17.5. The van der Waals surface area contributed by atoms with Crippen LogP contribution >= 0.6 is 0 Å². The number of likely N-dealkylation sites (tertiary alicyclic amines) is 1. The SMILES string of the molecule is COc1ccc(-c2cc(OCCC3CCCN3C)nn3ccnc23)cc1F. The summed E-state index contributed by atoms with van der Waals surface area (Å²) in [6, 6.07) is 7.25. The summed E-state index contributed by atoms with van der Waals surface area (Å²) < 4.78 is 26.8. The molecule has 0 saturated carbocycles. The molecule has 1 aliphatic rings. The summed E-state index contributed by atoms with van der Waals surface area (Å²) in [4.78, 5) is 6.72. The van der Waals surface area contributed by atoms with Gasteiger partial charge in [-0.15, -0.1) is 5.10 Å². The van der Waals surface area contributed by atoms with E-state index in [1.54, 1.807) is 23.0 Å². The van der Waals surface area contributed by atoms with E-state index in [0.717, 1.165) is 18.5 Å². The number of imidazole rings is 1. The van der Waals surface area contributed by atoms with Crippen molar-refractivity contribution in [2.45, 2.75) is 25.3 Å². The van der Waals surface area contributed by atoms with Gasteiger partial charge in [-0.25, -0.2) is 13.9 Å². The van der Waals surface area contributed by atoms with Crippen molar-refractivity contribution in [2.75, 3.05) is 27.3 Å². The first-order valence-electron chi connectivity index (χ1n) is 9.17. The molecule has 2 aromatic heterocycles. The minimum Gasteiger partial charge on any atom is -0.494 e. The Morgan fingerprint density at radius 2 is 2.19 bits per heavy atom. The molecule has 7 heteroatoms. The third-order valence-electron chi connectivity index (χ3n) is 5.17. The van der Waals surface area contributed by atoms with Crippen molar-refractivity contribution in [2.24, 2.45) is 0 Å². The highest BCUT2D eigenvalue weighted by molar-refractivity contribution is 5.78. The van der Waals surface area contributed by atoms with Crippen LogP contribution in [0.15, 0.2) is 36.7 Å². The van der Waals surface area contributed by atoms with Gasteiger partial charge in [0, 0.05) is 30.1 Å². The van der Waals surface area contributed by atoms with Crippen molar-refractivity contribution in [1.82, 2.24) is 19.5 Å². The molecule has 1 saturated heterocycles. The van der Waals surface area contributed by atoms with Crippen molar-refractivity contribution in [1.29, 1.82) is 0 Å². The lowest BCUT2D eigenvalue weighted by molar-refractivity contribution is 0.227. The molecule has 4 rings (SSSR count). The fourth-order valence-corrected chi connectivity index (χ4v) is 3.65. The van der Waals surface area contributed by atoms with Gasteiger partial charge >= 0.3 is 0 Å². The van der Waals surface area contributed by atoms with E-state index in [9.17, 15) is 4.39 Å². The van der Waals surface area contributed by atoms with Crippen LogP contribution in [-0.4, -0.2) is 52.8 Å². The Labute approximate surface area is 157 Å². The van der Waals surface area contributed by atoms with E-state index in [0.29, 0.717) is 29.7 Å². The second-order valence-electron chi connectivity index (χ2n) is 6.85. The van der Waals surface area contributed by atoms with Crippen molar-refractivity contribution in [3.8, 4) is 22.8 Å². The number of aromatic nitrogens is 3. The molecular weight excluding hydrogens is 347 g/mol. The second-order valence-corrected chi connectivity index (χ2v) is 6.85. The maximum absolute atomic E-state index is 14.2. The lowest BCUT2D eigenvalue weighted by Crippen LogP contribution is -2.26. The Kier molecular flexibility index (Phi) is 4.94. The molecule has 0 bridgehead atoms. The molecule has 1 unspecified atom stereocenters. The van der Waals surface area contributed by atoms with Crippen LogP contribution in [0.1, 0.15) is 19.3 Å². The summed E-state index contributed by atoms with van der Waals surface area (Å²) in [7, 11) is 3.61. The number of halogens is 1. The minimum absolute atomic E-state index is 0.212. The third-order valence-corrected chi connectivity index (χ3v) is 5.17. The topological polar surface area (TPSA) is 51.9 Å². The molecule has 3 aromatic rings. The van der Waals surface area contributed by atoms with Crippen molar-refractivity contribution in [3.05, 3.63) is 42.5 Å². The number of hydrogen-bond donors (Lipinski definition) is 0. The monoisotopic (exact) mass is 370 g/mol. The lowest BCUT2D eigenvalue weighted by atomic mass is 10.1. The highest BCUT2D eigenvalue weighted by Gasteiger charge is 2.20. The number of rotatable bonds is 6. The van der Waals surface area contributed by atoms with Gasteiger partial charge in [0.15, 0.2) is 17.2 Å². The molecule has 1 aromatic carbocycles. The Bertz CT molecular complexity index is 943. The molecule has 0 amide bonds. The van der Waals surface area contributed by atoms with Crippen molar-refractivity contribution in [3.63, 3.8) is 0 Å². The van der Waals surface area contributed by atoms with Crippen LogP contribution in [0.2, 0.25) is 0 Å². The summed E-state index contributed by atoms with van der Waals surface area (Å²) >= 11 is 0. The molecule has 0 N–H and O–H groups in total. The molecule has 1 atom stereocenters. The smallest absolute Gasteiger partial charge is 0.232 e. The Morgan fingerprint density at radius 3 is 2.93 bits per heavy atom. The molecular formula is C20H23FN4O2. The van der Waals surface area contributed by atoms with Gasteiger partial charge in [0.1, 0.15) is 0 Å². The van der Waals surface area contributed by atoms with Gasteiger partial charge < -0.3 is 14.4 Å². The summed E-state index contributed by atoms with van der Waals surface area (Å²) in [6.45, 7) is 1.75. The average molecular weight is 370 g/mol. The summed E-state index contributed by atoms with van der Waals surface area (Å²) in [5, 5.41) is 4.46. The molecule has 1 aliphatic heterocycles. The largest absolute Gasteiger partial charge is 0.494 e. The van der Waals surface area contributed by atoms with E-state index in [-0.39, 0.29) is 5.75 Å². The quantitative estimate of drug-likeness (QED) is 0.666. The number of nitrogens with zero attached hydrogens (tertiary/aromatic N) is 4. The lowest BCUT2D eigenvalue weighted by Gasteiger charge is -2.19. The average Bonchev–Trinajstić information content (AvgIpc) is 3.30. The number of fused-ring (bicyclic) bond motifs is 1. The van der Waals surface area contributed by atoms with Crippen LogP contribution in [0.4, 0.5) is 4.39 Å². The second kappa shape index (κ2) is 7.52. The van der Waals surface area contributed by atoms with Crippen LogP contribution in [0.5, 0.6) is 11.6 Å². The van der Waals surface area contributed by atoms with E-state index >= 15 is 0 Å². The number of benzene rings is 1. The Balaban J connectivity index is 1.59. The van der Waals surface area contributed by atoms with Gasteiger partial charge in [-0.05, 0) is 50.6 Å². The maximum atomic E-state index is 14.2. The number of hydrogen-bond acceptors (Lipinski definition) is 5. The van der Waals surface area contributed by atoms with Crippen molar-refractivity contribution < 1.29 is 13.9 Å². The minimum atomic E-state index is -0.414. The van der Waals surface area contributed by atoms with Crippen LogP contribution in [0, 0.1) is 5.82 Å². The summed E-state index contributed by atoms with van der Waals surface area (Å²) in [5.74, 6) is 0.306. The number of ether oxygens (including phenoxy) is 2. The van der Waals surface area contributed by atoms with E-state index < -0.39 is 5.82 Å². The zero-order valence-corrected chi connectivity index (χ0v) is 15.6. The first-order chi connectivity index (χ1) is 13.2. The highest BCUT2D eigenvalue weighted by atomic mass is 19.1. The Morgan fingerprint density at radius 1 is 1.30 bits per heavy atom. The third kappa shape index (κ3) is 3.60. The fraction of sp³-hybridized carbons (Fsp3) is 0.400. The zero-order valence-electron chi connectivity index (χ0n) is 15.6. The Hall–Kier alpha value is -2.67. The first-order valence-corrected chi connectivity index (χ1v) is 9.17. The van der Waals surface area contributed by atoms with Gasteiger partial charge in [0.2, 0.25) is 5.88 Å². The van der Waals surface area contributed by atoms with Crippen molar-refractivity contribution >= 4 is 5.65 Å². The van der Waals surface area contributed by atoms with E-state index in [2.05, 4.69) is 22.0 Å². The van der Waals surface area contributed by atoms with Gasteiger partial charge in [0.05, 0.1) is 13.7 Å². The molecule has 0 radical (unpaired) electrons. The predicted octanol–water partition coefficient (Wildman–Crippen LogP) is 3.41. The van der Waals surface area contributed by atoms with Gasteiger partial charge in [-0.1, -0.05) is 6.07 Å². The van der Waals surface area contributed by atoms with Crippen LogP contribution in [0.3, 0.4) is 0 Å². The van der Waals surface area contributed by atoms with E-state index in [1.165, 1.54) is 26.0 Å². The molecule has 1 fully saturated rings. The fourth-order valence-electron chi connectivity index (χ4n) is 3.65. The number of methoxy groups -OCH3 is 1. The molecule has 0 spiro atoms. The first kappa shape index (κ1) is 17.7. The molecule has 0 aliphatic carbocycles. The van der Waals surface area contributed by atoms with Crippen LogP contribution in [-0.2, 0) is 0 Å². The van der Waals surface area contributed by atoms with E-state index in [1.807, 2.05) is 12.1 Å².